The SMILES string of the molecule is C=CCc1ccccc1OCCn1c(C(C)NC(=O)Cc2ccccc2C)nc2ccccc21. The first-order valence-corrected chi connectivity index (χ1v) is 11.7. The Bertz CT molecular complexity index is 1290. The minimum Gasteiger partial charge on any atom is -0.491 e. The first kappa shape index (κ1) is 23.3. The van der Waals surface area contributed by atoms with E-state index < -0.39 is 0 Å². The van der Waals surface area contributed by atoms with E-state index in [0.717, 1.165) is 45.7 Å². The van der Waals surface area contributed by atoms with E-state index in [9.17, 15) is 4.79 Å². The third-order valence-electron chi connectivity index (χ3n) is 5.97. The first-order chi connectivity index (χ1) is 16.6. The molecule has 1 unspecified atom stereocenters. The van der Waals surface area contributed by atoms with Gasteiger partial charge in [-0.3, -0.25) is 4.79 Å². The van der Waals surface area contributed by atoms with Crippen molar-refractivity contribution < 1.29 is 9.53 Å². The molecule has 0 aliphatic heterocycles. The van der Waals surface area contributed by atoms with E-state index in [2.05, 4.69) is 28.6 Å². The lowest BCUT2D eigenvalue weighted by atomic mass is 10.1. The Hall–Kier alpha value is -3.86. The number of aryl methyl sites for hydroxylation is 1. The van der Waals surface area contributed by atoms with Crippen molar-refractivity contribution in [3.63, 3.8) is 0 Å². The van der Waals surface area contributed by atoms with E-state index in [-0.39, 0.29) is 11.9 Å². The van der Waals surface area contributed by atoms with Crippen LogP contribution in [0.1, 0.15) is 35.5 Å². The average molecular weight is 454 g/mol. The average Bonchev–Trinajstić information content (AvgIpc) is 3.21. The molecule has 4 rings (SSSR count). The quantitative estimate of drug-likeness (QED) is 0.319. The van der Waals surface area contributed by atoms with Gasteiger partial charge in [0.2, 0.25) is 5.91 Å². The lowest BCUT2D eigenvalue weighted by Gasteiger charge is -2.17. The summed E-state index contributed by atoms with van der Waals surface area (Å²) in [6, 6.07) is 23.8. The van der Waals surface area contributed by atoms with Crippen LogP contribution in [0.15, 0.2) is 85.5 Å². The van der Waals surface area contributed by atoms with Gasteiger partial charge in [0, 0.05) is 0 Å². The monoisotopic (exact) mass is 453 g/mol. The third kappa shape index (κ3) is 5.37. The van der Waals surface area contributed by atoms with Crippen molar-refractivity contribution in [2.75, 3.05) is 6.61 Å². The smallest absolute Gasteiger partial charge is 0.225 e. The maximum absolute atomic E-state index is 12.8. The summed E-state index contributed by atoms with van der Waals surface area (Å²) in [6.45, 7) is 8.95. The Morgan fingerprint density at radius 3 is 2.56 bits per heavy atom. The summed E-state index contributed by atoms with van der Waals surface area (Å²) in [4.78, 5) is 17.6. The highest BCUT2D eigenvalue weighted by Crippen LogP contribution is 2.23. The van der Waals surface area contributed by atoms with Gasteiger partial charge in [-0.25, -0.2) is 4.98 Å². The topological polar surface area (TPSA) is 56.1 Å². The van der Waals surface area contributed by atoms with Gasteiger partial charge >= 0.3 is 0 Å². The van der Waals surface area contributed by atoms with E-state index in [0.29, 0.717) is 19.6 Å². The Balaban J connectivity index is 1.50. The Kier molecular flexibility index (Phi) is 7.43. The van der Waals surface area contributed by atoms with E-state index in [1.54, 1.807) is 0 Å². The number of fused-ring (bicyclic) bond motifs is 1. The van der Waals surface area contributed by atoms with Crippen LogP contribution in [-0.2, 0) is 24.2 Å². The summed E-state index contributed by atoms with van der Waals surface area (Å²) < 4.78 is 8.28. The Morgan fingerprint density at radius 1 is 1.06 bits per heavy atom. The minimum absolute atomic E-state index is 0.0185. The summed E-state index contributed by atoms with van der Waals surface area (Å²) in [7, 11) is 0. The van der Waals surface area contributed by atoms with Crippen LogP contribution in [0, 0.1) is 6.92 Å². The fourth-order valence-corrected chi connectivity index (χ4v) is 4.21. The molecule has 0 radical (unpaired) electrons. The summed E-state index contributed by atoms with van der Waals surface area (Å²) in [5, 5.41) is 3.13. The second kappa shape index (κ2) is 10.8. The number of para-hydroxylation sites is 3. The maximum atomic E-state index is 12.8. The molecule has 4 aromatic rings. The van der Waals surface area contributed by atoms with Crippen LogP contribution < -0.4 is 10.1 Å². The molecule has 0 saturated carbocycles. The zero-order chi connectivity index (χ0) is 23.9. The zero-order valence-electron chi connectivity index (χ0n) is 19.8. The van der Waals surface area contributed by atoms with Crippen LogP contribution in [0.4, 0.5) is 0 Å². The summed E-state index contributed by atoms with van der Waals surface area (Å²) in [5.74, 6) is 1.67. The highest BCUT2D eigenvalue weighted by molar-refractivity contribution is 5.80. The molecule has 0 aliphatic rings. The lowest BCUT2D eigenvalue weighted by molar-refractivity contribution is -0.121. The predicted octanol–water partition coefficient (Wildman–Crippen LogP) is 5.57. The van der Waals surface area contributed by atoms with Crippen molar-refractivity contribution in [2.24, 2.45) is 0 Å². The predicted molar refractivity (Wildman–Crippen MR) is 137 cm³/mol. The molecule has 0 aliphatic carbocycles. The van der Waals surface area contributed by atoms with E-state index in [4.69, 9.17) is 9.72 Å². The van der Waals surface area contributed by atoms with Crippen molar-refractivity contribution in [1.82, 2.24) is 14.9 Å². The summed E-state index contributed by atoms with van der Waals surface area (Å²) in [5.41, 5.74) is 5.20. The second-order valence-electron chi connectivity index (χ2n) is 8.45. The highest BCUT2D eigenvalue weighted by atomic mass is 16.5. The number of amides is 1. The maximum Gasteiger partial charge on any atom is 0.225 e. The van der Waals surface area contributed by atoms with Gasteiger partial charge in [-0.1, -0.05) is 60.7 Å². The number of rotatable bonds is 10. The second-order valence-corrected chi connectivity index (χ2v) is 8.45. The largest absolute Gasteiger partial charge is 0.491 e. The number of aromatic nitrogens is 2. The molecule has 1 heterocycles. The molecule has 0 saturated heterocycles. The number of allylic oxidation sites excluding steroid dienone is 1. The molecule has 1 aromatic heterocycles. The minimum atomic E-state index is -0.239. The van der Waals surface area contributed by atoms with Gasteiger partial charge < -0.3 is 14.6 Å². The molecular weight excluding hydrogens is 422 g/mol. The lowest BCUT2D eigenvalue weighted by Crippen LogP contribution is -2.30. The van der Waals surface area contributed by atoms with Crippen molar-refractivity contribution >= 4 is 16.9 Å². The molecule has 1 atom stereocenters. The van der Waals surface area contributed by atoms with Gasteiger partial charge in [0.05, 0.1) is 30.0 Å². The van der Waals surface area contributed by atoms with Gasteiger partial charge in [0.25, 0.3) is 0 Å². The molecular formula is C29H31N3O2. The Labute approximate surface area is 201 Å². The first-order valence-electron chi connectivity index (χ1n) is 11.7. The molecule has 0 bridgehead atoms. The van der Waals surface area contributed by atoms with Crippen LogP contribution in [-0.4, -0.2) is 22.1 Å². The van der Waals surface area contributed by atoms with Crippen LogP contribution in [0.3, 0.4) is 0 Å². The molecule has 0 fully saturated rings. The van der Waals surface area contributed by atoms with Crippen molar-refractivity contribution in [3.8, 4) is 5.75 Å². The number of nitrogens with zero attached hydrogens (tertiary/aromatic N) is 2. The van der Waals surface area contributed by atoms with Crippen LogP contribution in [0.2, 0.25) is 0 Å². The number of hydrogen-bond acceptors (Lipinski definition) is 3. The highest BCUT2D eigenvalue weighted by Gasteiger charge is 2.19. The van der Waals surface area contributed by atoms with Crippen LogP contribution >= 0.6 is 0 Å². The normalized spacial score (nSPS) is 11.8. The van der Waals surface area contributed by atoms with Crippen molar-refractivity contribution in [2.45, 2.75) is 39.3 Å². The third-order valence-corrected chi connectivity index (χ3v) is 5.97. The van der Waals surface area contributed by atoms with E-state index >= 15 is 0 Å². The molecule has 0 spiro atoms. The fraction of sp³-hybridized carbons (Fsp3) is 0.241. The molecule has 34 heavy (non-hydrogen) atoms. The van der Waals surface area contributed by atoms with Gasteiger partial charge in [0.15, 0.2) is 0 Å². The van der Waals surface area contributed by atoms with Gasteiger partial charge in [-0.05, 0) is 55.2 Å². The van der Waals surface area contributed by atoms with Crippen molar-refractivity contribution in [3.05, 3.63) is 108 Å². The van der Waals surface area contributed by atoms with E-state index in [1.165, 1.54) is 0 Å². The van der Waals surface area contributed by atoms with Crippen molar-refractivity contribution in [1.29, 1.82) is 0 Å². The van der Waals surface area contributed by atoms with Gasteiger partial charge in [0.1, 0.15) is 18.2 Å². The van der Waals surface area contributed by atoms with Crippen LogP contribution in [0.5, 0.6) is 5.75 Å². The van der Waals surface area contributed by atoms with Gasteiger partial charge in [-0.15, -0.1) is 6.58 Å². The standard InChI is InChI=1S/C29H31N3O2/c1-4-11-23-13-7-10-17-27(23)34-19-18-32-26-16-9-8-15-25(26)31-29(32)22(3)30-28(33)20-24-14-6-5-12-21(24)2/h4-10,12-17,22H,1,11,18-20H2,2-3H3,(H,30,33). The summed E-state index contributed by atoms with van der Waals surface area (Å²) in [6.07, 6.45) is 2.99. The number of nitrogens with one attached hydrogen (secondary N) is 1. The molecule has 3 aromatic carbocycles. The molecule has 1 N–H and O–H groups in total. The van der Waals surface area contributed by atoms with Crippen LogP contribution in [0.25, 0.3) is 11.0 Å². The molecule has 174 valence electrons. The summed E-state index contributed by atoms with van der Waals surface area (Å²) >= 11 is 0. The molecule has 5 heteroatoms. The zero-order valence-corrected chi connectivity index (χ0v) is 19.8. The number of hydrogen-bond donors (Lipinski definition) is 1. The molecule has 5 nitrogen and oxygen atoms in total. The number of carbonyl (C=O) groups is 1. The number of ether oxygens (including phenoxy) is 1. The number of benzene rings is 3. The fourth-order valence-electron chi connectivity index (χ4n) is 4.21. The Morgan fingerprint density at radius 2 is 1.76 bits per heavy atom. The molecule has 1 amide bonds. The number of imidazole rings is 1. The van der Waals surface area contributed by atoms with E-state index in [1.807, 2.05) is 80.6 Å². The number of carbonyl (C=O) groups excluding carboxylic acids is 1. The van der Waals surface area contributed by atoms with Gasteiger partial charge in [-0.2, -0.15) is 0 Å².